The lowest BCUT2D eigenvalue weighted by molar-refractivity contribution is -0.277. The average Bonchev–Trinajstić information content (AvgIpc) is 2.64. The van der Waals surface area contributed by atoms with Crippen LogP contribution in [-0.2, 0) is 4.65 Å². The normalized spacial score (nSPS) is 12.6. The summed E-state index contributed by atoms with van der Waals surface area (Å²) in [5.41, 5.74) is -2.51. The highest BCUT2D eigenvalue weighted by molar-refractivity contribution is 9.10. The van der Waals surface area contributed by atoms with Gasteiger partial charge in [0.25, 0.3) is 0 Å². The van der Waals surface area contributed by atoms with E-state index in [1.54, 1.807) is 0 Å². The van der Waals surface area contributed by atoms with Gasteiger partial charge in [-0.05, 0) is 57.4 Å². The van der Waals surface area contributed by atoms with Crippen LogP contribution >= 0.6 is 15.9 Å². The van der Waals surface area contributed by atoms with Gasteiger partial charge >= 0.3 is 20.2 Å². The van der Waals surface area contributed by atoms with Crippen molar-refractivity contribution in [1.82, 2.24) is 0 Å². The number of ether oxygens (including phenoxy) is 2. The lowest BCUT2D eigenvalue weighted by atomic mass is 9.82. The first-order valence-corrected chi connectivity index (χ1v) is 10.2. The summed E-state index contributed by atoms with van der Waals surface area (Å²) in [6, 6.07) is 2.60. The van der Waals surface area contributed by atoms with Crippen molar-refractivity contribution in [2.75, 3.05) is 0 Å². The van der Waals surface area contributed by atoms with Crippen molar-refractivity contribution in [3.05, 3.63) is 52.0 Å². The topological polar surface area (TPSA) is 47.9 Å². The number of alkyl halides is 6. The lowest BCUT2D eigenvalue weighted by Gasteiger charge is -2.37. The summed E-state index contributed by atoms with van der Waals surface area (Å²) in [7, 11) is 0.946. The Bertz CT molecular complexity index is 1010. The molecule has 0 atom stereocenters. The molecule has 0 saturated carbocycles. The Hall–Kier alpha value is -2.20. The van der Waals surface area contributed by atoms with Gasteiger partial charge in [-0.25, -0.2) is 17.6 Å². The molecule has 0 aliphatic carbocycles. The second-order valence-corrected chi connectivity index (χ2v) is 8.83. The molecule has 2 aromatic rings. The number of halogens is 11. The van der Waals surface area contributed by atoms with Gasteiger partial charge in [-0.2, -0.15) is 0 Å². The van der Waals surface area contributed by atoms with Crippen molar-refractivity contribution in [3.8, 4) is 11.5 Å². The first-order chi connectivity index (χ1) is 16.0. The molecule has 0 spiro atoms. The molecule has 1 N–H and O–H groups in total. The van der Waals surface area contributed by atoms with E-state index in [-0.39, 0.29) is 9.94 Å². The Balaban J connectivity index is 0.000000397. The zero-order valence-corrected chi connectivity index (χ0v) is 20.3. The third-order valence-corrected chi connectivity index (χ3v) is 4.84. The molecule has 0 bridgehead atoms. The minimum Gasteiger partial charge on any atom is -0.427 e. The van der Waals surface area contributed by atoms with Crippen molar-refractivity contribution in [2.24, 2.45) is 0 Å². The van der Waals surface area contributed by atoms with E-state index in [0.29, 0.717) is 24.3 Å². The molecule has 0 aliphatic heterocycles. The van der Waals surface area contributed by atoms with Crippen LogP contribution in [-0.4, -0.2) is 36.5 Å². The molecular weight excluding hydrogens is 585 g/mol. The molecule has 1 radical (unpaired) electrons. The van der Waals surface area contributed by atoms with Crippen molar-refractivity contribution >= 4 is 28.9 Å². The standard InChI is InChI=1S/C13H15BF5O3.C7H2BrF5O/c1-11(2,20)12(3,4)22-14-7-5-8(15)10(9(16)6-7)21-13(17,18)19;8-3-1-4(9)6(5(10)2-3)14-7(11,12)13/h5-6,20H,1-4H3;1-2H. The predicted molar refractivity (Wildman–Crippen MR) is 111 cm³/mol. The lowest BCUT2D eigenvalue weighted by Crippen LogP contribution is -2.49. The molecule has 0 saturated heterocycles. The molecule has 4 nitrogen and oxygen atoms in total. The summed E-state index contributed by atoms with van der Waals surface area (Å²) in [6.45, 7) is 6.03. The van der Waals surface area contributed by atoms with E-state index < -0.39 is 58.7 Å². The highest BCUT2D eigenvalue weighted by atomic mass is 79.9. The maximum Gasteiger partial charge on any atom is 0.573 e. The molecule has 0 aromatic heterocycles. The van der Waals surface area contributed by atoms with E-state index in [1.165, 1.54) is 27.7 Å². The van der Waals surface area contributed by atoms with Crippen LogP contribution in [0.2, 0.25) is 0 Å². The van der Waals surface area contributed by atoms with E-state index in [0.717, 1.165) is 7.48 Å². The summed E-state index contributed by atoms with van der Waals surface area (Å²) < 4.78 is 135. The molecule has 0 aliphatic rings. The Kier molecular flexibility index (Phi) is 10.1. The summed E-state index contributed by atoms with van der Waals surface area (Å²) >= 11 is 2.71. The van der Waals surface area contributed by atoms with Gasteiger partial charge in [0.15, 0.2) is 23.3 Å². The van der Waals surface area contributed by atoms with Crippen molar-refractivity contribution in [3.63, 3.8) is 0 Å². The number of benzene rings is 2. The third kappa shape index (κ3) is 10.0. The summed E-state index contributed by atoms with van der Waals surface area (Å²) in [6.07, 6.45) is -10.3. The largest absolute Gasteiger partial charge is 0.573 e. The van der Waals surface area contributed by atoms with Gasteiger partial charge in [-0.15, -0.1) is 26.3 Å². The maximum absolute atomic E-state index is 13.5. The minimum atomic E-state index is -5.20. The SMILES string of the molecule is CC(C)(O)C(C)(C)O[B]c1cc(F)c(OC(F)(F)F)c(F)c1.Fc1cc(Br)cc(F)c1OC(F)(F)F. The van der Waals surface area contributed by atoms with E-state index in [4.69, 9.17) is 4.65 Å². The fourth-order valence-electron chi connectivity index (χ4n) is 1.96. The fraction of sp³-hybridized carbons (Fsp3) is 0.400. The molecule has 2 rings (SSSR count). The van der Waals surface area contributed by atoms with Crippen LogP contribution in [0.4, 0.5) is 43.9 Å². The molecule has 0 amide bonds. The summed E-state index contributed by atoms with van der Waals surface area (Å²) in [5.74, 6) is -8.88. The van der Waals surface area contributed by atoms with Gasteiger partial charge in [-0.1, -0.05) is 15.9 Å². The summed E-state index contributed by atoms with van der Waals surface area (Å²) in [4.78, 5) is 0. The third-order valence-electron chi connectivity index (χ3n) is 4.38. The van der Waals surface area contributed by atoms with Gasteiger partial charge in [0.1, 0.15) is 0 Å². The number of rotatable bonds is 6. The van der Waals surface area contributed by atoms with E-state index in [1.807, 2.05) is 0 Å². The van der Waals surface area contributed by atoms with Gasteiger partial charge in [0, 0.05) is 4.47 Å². The second-order valence-electron chi connectivity index (χ2n) is 7.91. The molecule has 36 heavy (non-hydrogen) atoms. The van der Waals surface area contributed by atoms with E-state index in [2.05, 4.69) is 25.4 Å². The Morgan fingerprint density at radius 2 is 1.03 bits per heavy atom. The highest BCUT2D eigenvalue weighted by Gasteiger charge is 2.37. The van der Waals surface area contributed by atoms with Gasteiger partial charge < -0.3 is 19.2 Å². The monoisotopic (exact) mass is 601 g/mol. The Labute approximate surface area is 207 Å². The smallest absolute Gasteiger partial charge is 0.427 e. The number of hydrogen-bond donors (Lipinski definition) is 1. The molecule has 201 valence electrons. The summed E-state index contributed by atoms with van der Waals surface area (Å²) in [5, 5.41) is 9.87. The predicted octanol–water partition coefficient (Wildman–Crippen LogP) is 6.30. The van der Waals surface area contributed by atoms with Crippen LogP contribution in [0.5, 0.6) is 11.5 Å². The minimum absolute atomic E-state index is 0.0120. The van der Waals surface area contributed by atoms with Crippen LogP contribution in [0.25, 0.3) is 0 Å². The van der Waals surface area contributed by atoms with Gasteiger partial charge in [-0.3, -0.25) is 0 Å². The Morgan fingerprint density at radius 3 is 1.33 bits per heavy atom. The van der Waals surface area contributed by atoms with Crippen LogP contribution in [0.1, 0.15) is 27.7 Å². The van der Waals surface area contributed by atoms with Crippen LogP contribution < -0.4 is 14.9 Å². The van der Waals surface area contributed by atoms with Crippen LogP contribution in [0.3, 0.4) is 0 Å². The van der Waals surface area contributed by atoms with Gasteiger partial charge in [0.2, 0.25) is 11.5 Å². The van der Waals surface area contributed by atoms with Crippen molar-refractivity contribution in [1.29, 1.82) is 0 Å². The Morgan fingerprint density at radius 1 is 0.694 bits per heavy atom. The van der Waals surface area contributed by atoms with E-state index in [9.17, 15) is 49.0 Å². The number of aliphatic hydroxyl groups is 1. The quantitative estimate of drug-likeness (QED) is 0.312. The maximum atomic E-state index is 13.5. The first kappa shape index (κ1) is 31.8. The van der Waals surface area contributed by atoms with Crippen LogP contribution in [0, 0.1) is 23.3 Å². The number of hydrogen-bond acceptors (Lipinski definition) is 4. The highest BCUT2D eigenvalue weighted by Crippen LogP contribution is 2.31. The average molecular weight is 602 g/mol. The second kappa shape index (κ2) is 11.5. The van der Waals surface area contributed by atoms with Gasteiger partial charge in [0.05, 0.1) is 11.2 Å². The molecule has 2 aromatic carbocycles. The van der Waals surface area contributed by atoms with Crippen molar-refractivity contribution < 1.29 is 63.1 Å². The zero-order valence-electron chi connectivity index (χ0n) is 18.7. The molecular formula is C20H17BBrF10O4. The van der Waals surface area contributed by atoms with Crippen LogP contribution in [0.15, 0.2) is 28.7 Å². The first-order valence-electron chi connectivity index (χ1n) is 9.41. The molecule has 0 heterocycles. The zero-order chi connectivity index (χ0) is 28.3. The molecule has 0 fully saturated rings. The van der Waals surface area contributed by atoms with E-state index >= 15 is 0 Å². The molecule has 0 unspecified atom stereocenters. The fourth-order valence-corrected chi connectivity index (χ4v) is 2.36. The molecule has 16 heteroatoms. The van der Waals surface area contributed by atoms with Crippen molar-refractivity contribution in [2.45, 2.75) is 51.6 Å².